The maximum atomic E-state index is 11.2. The summed E-state index contributed by atoms with van der Waals surface area (Å²) >= 11 is 0. The van der Waals surface area contributed by atoms with E-state index in [9.17, 15) is 39.3 Å². The Hall–Kier alpha value is -17.3. The first-order valence-electron chi connectivity index (χ1n) is 48.2. The van der Waals surface area contributed by atoms with E-state index in [1.54, 1.807) is 67.8 Å². The third-order valence-corrected chi connectivity index (χ3v) is 27.5. The minimum Gasteiger partial charge on any atom is -0.497 e. The molecular weight excluding hydrogens is 1860 g/mol. The molecule has 146 heavy (non-hydrogen) atoms. The number of nitrogens with two attached hydrogens (primary N) is 5. The number of aliphatic carboxylic acids is 5. The van der Waals surface area contributed by atoms with E-state index in [-0.39, 0.29) is 29.6 Å². The number of ether oxygens (including phenoxy) is 3. The van der Waals surface area contributed by atoms with Gasteiger partial charge in [0.15, 0.2) is 28.2 Å². The second kappa shape index (κ2) is 43.2. The molecule has 0 saturated carbocycles. The fourth-order valence-corrected chi connectivity index (χ4v) is 19.4. The second-order valence-electron chi connectivity index (χ2n) is 36.8. The van der Waals surface area contributed by atoms with Crippen molar-refractivity contribution in [2.75, 3.05) is 75.6 Å². The van der Waals surface area contributed by atoms with E-state index in [1.807, 2.05) is 164 Å². The minimum absolute atomic E-state index is 0.0994. The summed E-state index contributed by atoms with van der Waals surface area (Å²) in [5, 5.41) is 85.6. The van der Waals surface area contributed by atoms with Crippen LogP contribution in [-0.2, 0) is 24.0 Å². The van der Waals surface area contributed by atoms with Crippen molar-refractivity contribution in [2.45, 2.75) is 124 Å². The van der Waals surface area contributed by atoms with Gasteiger partial charge in [-0.1, -0.05) is 146 Å². The molecule has 15 heterocycles. The van der Waals surface area contributed by atoms with E-state index < -0.39 is 60.1 Å². The lowest BCUT2D eigenvalue weighted by molar-refractivity contribution is -0.141. The summed E-state index contributed by atoms with van der Waals surface area (Å²) in [5.74, 6) is 2.14. The van der Waals surface area contributed by atoms with Crippen LogP contribution in [0.4, 0.5) is 29.1 Å². The highest BCUT2D eigenvalue weighted by Crippen LogP contribution is 2.40. The predicted octanol–water partition coefficient (Wildman–Crippen LogP) is 14.1. The lowest BCUT2D eigenvalue weighted by Crippen LogP contribution is -2.43. The molecule has 8 aromatic carbocycles. The van der Waals surface area contributed by atoms with Gasteiger partial charge in [-0.25, -0.2) is 24.9 Å². The van der Waals surface area contributed by atoms with Crippen molar-refractivity contribution < 1.29 is 63.7 Å². The summed E-state index contributed by atoms with van der Waals surface area (Å²) in [6, 6.07) is 72.6. The monoisotopic (exact) mass is 1960 g/mol. The molecule has 0 aliphatic carbocycles. The number of aromatic nitrogens is 15. The first-order chi connectivity index (χ1) is 70.9. The lowest BCUT2D eigenvalue weighted by Gasteiger charge is -2.27. The van der Waals surface area contributed by atoms with E-state index >= 15 is 0 Å². The third-order valence-electron chi connectivity index (χ3n) is 27.5. The number of piperidine rings is 5. The molecule has 10 atom stereocenters. The Kier molecular flexibility index (Phi) is 28.9. The van der Waals surface area contributed by atoms with Gasteiger partial charge in [-0.05, 0) is 169 Å². The SMILES string of the molecule is COc1ccc(-c2cnn3c(N)cc(C4CCC(C(=O)O)NC4)nc23)cc1.COc1cccc(-c2cnn3c(N)cc(C4CCC(C(=O)O)NC4)nc23)c1.Nc1cc(C2CCC(C(=O)O)NC2)nc2c(-c3ccc(-c4ccccc4)cc3)cnn12.Nc1cc(C2CCC(C(=O)O)NC2)nc2c(-c3ccc(Oc4ccccc4)cc3)cnn12.Nc1cc(C2CCC(C(=O)O)NC2)nc2c(-c3ccc4ccccc4c3)cnn12. The van der Waals surface area contributed by atoms with Crippen LogP contribution in [0, 0.1) is 0 Å². The van der Waals surface area contributed by atoms with Crippen molar-refractivity contribution in [3.05, 3.63) is 290 Å². The van der Waals surface area contributed by atoms with Crippen LogP contribution in [0.2, 0.25) is 0 Å². The van der Waals surface area contributed by atoms with Gasteiger partial charge in [0.25, 0.3) is 0 Å². The zero-order valence-corrected chi connectivity index (χ0v) is 79.8. The Bertz CT molecular complexity index is 7780. The molecule has 23 rings (SSSR count). The number of nitrogens with zero attached hydrogens (tertiary/aromatic N) is 15. The fraction of sp³-hybridized carbons (Fsp3) is 0.250. The standard InChI is InChI=1S/C24H23N5O3.C24H23N5O2.C22H21N5O2.2C19H21N5O3/c25-22-12-21(16-8-11-20(24(30)31)26-13-16)28-23-19(14-27-29(22)23)15-6-9-18(10-7-15)32-17-4-2-1-3-5-17;25-22-12-21(18-10-11-20(24(30)31)26-13-18)28-23-19(14-27-29(22)23)17-8-6-16(7-9-17)15-4-2-1-3-5-15;23-20-10-19(16-7-8-18(22(28)29)24-11-16)26-21-17(12-25-27(20)21)15-6-5-13-3-1-2-4-14(13)9-15;1-27-13-5-2-11(3-6-13)14-10-22-24-17(20)8-16(23-18(14)24)12-4-7-15(19(25)26)21-9-12;1-27-13-4-2-3-11(7-13)14-10-22-24-17(20)8-16(23-18(14)24)12-5-6-15(19(25)26)21-9-12/h1-7,9-10,12,14,16,20,26H,8,11,13,25H2,(H,30,31);1-9,12,14,18,20,26H,10-11,13,25H2,(H,30,31);1-6,9-10,12,16,18,24H,7-8,11,23H2,(H,28,29);2-3,5-6,8,10,12,15,21H,4,7,9,20H2,1H3,(H,25,26);2-4,7-8,10,12,15,21H,5-6,9,20H2,1H3,(H,25,26). The average molecular weight is 1970 g/mol. The predicted molar refractivity (Wildman–Crippen MR) is 554 cm³/mol. The molecule has 0 amide bonds. The highest BCUT2D eigenvalue weighted by Gasteiger charge is 2.35. The van der Waals surface area contributed by atoms with Crippen molar-refractivity contribution in [1.82, 2.24) is 99.6 Å². The summed E-state index contributed by atoms with van der Waals surface area (Å²) in [6.07, 6.45) is 15.4. The van der Waals surface area contributed by atoms with Crippen LogP contribution >= 0.6 is 0 Å². The van der Waals surface area contributed by atoms with Gasteiger partial charge in [0.05, 0.1) is 73.7 Å². The number of rotatable bonds is 20. The number of hydrogen-bond donors (Lipinski definition) is 15. The normalized spacial score (nSPS) is 19.3. The Labute approximate surface area is 836 Å². The molecule has 38 heteroatoms. The van der Waals surface area contributed by atoms with E-state index in [1.165, 1.54) is 10.9 Å². The highest BCUT2D eigenvalue weighted by molar-refractivity contribution is 5.91. The van der Waals surface area contributed by atoms with Crippen LogP contribution in [0.3, 0.4) is 0 Å². The van der Waals surface area contributed by atoms with Gasteiger partial charge in [-0.15, -0.1) is 0 Å². The highest BCUT2D eigenvalue weighted by atomic mass is 16.5. The number of carbonyl (C=O) groups is 5. The molecule has 744 valence electrons. The summed E-state index contributed by atoms with van der Waals surface area (Å²) in [5.41, 5.74) is 50.7. The maximum Gasteiger partial charge on any atom is 0.320 e. The van der Waals surface area contributed by atoms with Crippen LogP contribution in [0.15, 0.2) is 262 Å². The summed E-state index contributed by atoms with van der Waals surface area (Å²) in [6.45, 7) is 2.80. The molecule has 20 N–H and O–H groups in total. The van der Waals surface area contributed by atoms with Gasteiger partial charge < -0.3 is 95.0 Å². The van der Waals surface area contributed by atoms with Crippen molar-refractivity contribution in [1.29, 1.82) is 0 Å². The molecule has 0 spiro atoms. The Morgan fingerprint density at radius 1 is 0.267 bits per heavy atom. The second-order valence-corrected chi connectivity index (χ2v) is 36.8. The number of hydrogen-bond acceptors (Lipinski definition) is 28. The molecule has 18 aromatic rings. The van der Waals surface area contributed by atoms with E-state index in [0.29, 0.717) is 117 Å². The van der Waals surface area contributed by atoms with Crippen molar-refractivity contribution >= 4 is 97.9 Å². The fourth-order valence-electron chi connectivity index (χ4n) is 19.4. The summed E-state index contributed by atoms with van der Waals surface area (Å²) in [4.78, 5) is 80.1. The summed E-state index contributed by atoms with van der Waals surface area (Å²) < 4.78 is 24.6. The number of carboxylic acid groups (broad SMARTS) is 5. The number of para-hydroxylation sites is 1. The van der Waals surface area contributed by atoms with Crippen LogP contribution in [0.5, 0.6) is 23.0 Å². The van der Waals surface area contributed by atoms with Crippen LogP contribution in [0.1, 0.15) is 122 Å². The molecule has 5 saturated heterocycles. The summed E-state index contributed by atoms with van der Waals surface area (Å²) in [7, 11) is 3.26. The van der Waals surface area contributed by atoms with E-state index in [0.717, 1.165) is 156 Å². The number of nitrogen functional groups attached to an aromatic ring is 5. The Balaban J connectivity index is 0.000000115. The molecule has 5 aliphatic heterocycles. The van der Waals surface area contributed by atoms with Crippen LogP contribution in [0.25, 0.3) is 106 Å². The zero-order valence-electron chi connectivity index (χ0n) is 79.8. The smallest absolute Gasteiger partial charge is 0.320 e. The first-order valence-corrected chi connectivity index (χ1v) is 48.2. The largest absolute Gasteiger partial charge is 0.497 e. The zero-order chi connectivity index (χ0) is 101. The minimum atomic E-state index is -0.816. The number of benzene rings is 8. The van der Waals surface area contributed by atoms with E-state index in [2.05, 4.69) is 119 Å². The first kappa shape index (κ1) is 97.5. The lowest BCUT2D eigenvalue weighted by atomic mass is 9.92. The van der Waals surface area contributed by atoms with Crippen molar-refractivity contribution in [3.8, 4) is 89.8 Å². The van der Waals surface area contributed by atoms with Crippen LogP contribution in [-0.4, -0.2) is 206 Å². The molecular formula is C108H109N25O13. The average Bonchev–Trinajstić information content (AvgIpc) is 1.64. The van der Waals surface area contributed by atoms with Crippen LogP contribution < -0.4 is 69.5 Å². The Morgan fingerprint density at radius 3 is 0.836 bits per heavy atom. The molecule has 38 nitrogen and oxygen atoms in total. The number of methoxy groups -OCH3 is 2. The number of fused-ring (bicyclic) bond motifs is 6. The molecule has 0 radical (unpaired) electrons. The van der Waals surface area contributed by atoms with Gasteiger partial charge in [-0.2, -0.15) is 48.1 Å². The molecule has 5 aliphatic rings. The van der Waals surface area contributed by atoms with Crippen molar-refractivity contribution in [2.24, 2.45) is 0 Å². The quantitative estimate of drug-likeness (QED) is 0.0337. The molecule has 0 bridgehead atoms. The maximum absolute atomic E-state index is 11.2. The van der Waals surface area contributed by atoms with Gasteiger partial charge in [0.2, 0.25) is 0 Å². The Morgan fingerprint density at radius 2 is 0.521 bits per heavy atom. The third kappa shape index (κ3) is 21.4. The number of nitrogens with one attached hydrogen (secondary N) is 5. The number of anilines is 5. The topological polar surface area (TPSA) is 555 Å². The van der Waals surface area contributed by atoms with Gasteiger partial charge in [-0.3, -0.25) is 24.0 Å². The molecule has 5 fully saturated rings. The van der Waals surface area contributed by atoms with Gasteiger partial charge >= 0.3 is 29.8 Å². The number of carboxylic acids is 5. The molecule has 10 unspecified atom stereocenters. The van der Waals surface area contributed by atoms with E-state index in [4.69, 9.17) is 78.0 Å². The van der Waals surface area contributed by atoms with Crippen molar-refractivity contribution in [3.63, 3.8) is 0 Å². The van der Waals surface area contributed by atoms with Gasteiger partial charge in [0.1, 0.15) is 82.3 Å². The molecule has 10 aromatic heterocycles. The van der Waals surface area contributed by atoms with Gasteiger partial charge in [0, 0.05) is 120 Å².